The van der Waals surface area contributed by atoms with Crippen molar-refractivity contribution < 1.29 is 13.5 Å². The maximum absolute atomic E-state index is 12.4. The predicted molar refractivity (Wildman–Crippen MR) is 79.3 cm³/mol. The monoisotopic (exact) mass is 317 g/mol. The van der Waals surface area contributed by atoms with Crippen LogP contribution in [0.15, 0.2) is 17.0 Å². The number of nitrogens with one attached hydrogen (secondary N) is 1. The Kier molecular flexibility index (Phi) is 4.44. The number of halogens is 1. The molecule has 1 aromatic carbocycles. The van der Waals surface area contributed by atoms with Gasteiger partial charge in [0.15, 0.2) is 0 Å². The fourth-order valence-electron chi connectivity index (χ4n) is 2.46. The van der Waals surface area contributed by atoms with Crippen LogP contribution in [0.2, 0.25) is 5.02 Å². The van der Waals surface area contributed by atoms with Gasteiger partial charge in [-0.3, -0.25) is 0 Å². The molecule has 112 valence electrons. The van der Waals surface area contributed by atoms with E-state index in [1.54, 1.807) is 13.0 Å². The molecule has 2 rings (SSSR count). The van der Waals surface area contributed by atoms with E-state index in [-0.39, 0.29) is 16.9 Å². The Hall–Kier alpha value is -0.620. The zero-order chi connectivity index (χ0) is 15.0. The molecule has 2 N–H and O–H groups in total. The minimum atomic E-state index is -3.60. The Balaban J connectivity index is 2.27. The fourth-order valence-corrected chi connectivity index (χ4v) is 4.27. The van der Waals surface area contributed by atoms with Crippen molar-refractivity contribution in [3.8, 4) is 0 Å². The highest BCUT2D eigenvalue weighted by Crippen LogP contribution is 2.39. The Morgan fingerprint density at radius 1 is 1.40 bits per heavy atom. The van der Waals surface area contributed by atoms with Crippen molar-refractivity contribution in [2.24, 2.45) is 5.41 Å². The quantitative estimate of drug-likeness (QED) is 0.877. The highest BCUT2D eigenvalue weighted by atomic mass is 35.5. The van der Waals surface area contributed by atoms with Gasteiger partial charge in [0, 0.05) is 11.6 Å². The van der Waals surface area contributed by atoms with E-state index in [9.17, 15) is 13.5 Å². The van der Waals surface area contributed by atoms with Gasteiger partial charge in [-0.15, -0.1) is 0 Å². The van der Waals surface area contributed by atoms with E-state index in [0.29, 0.717) is 22.7 Å². The van der Waals surface area contributed by atoms with Gasteiger partial charge in [-0.05, 0) is 48.4 Å². The van der Waals surface area contributed by atoms with Gasteiger partial charge in [-0.25, -0.2) is 13.1 Å². The minimum absolute atomic E-state index is 0.0688. The molecule has 0 aliphatic heterocycles. The highest BCUT2D eigenvalue weighted by molar-refractivity contribution is 7.89. The molecule has 0 spiro atoms. The molecular weight excluding hydrogens is 298 g/mol. The fraction of sp³-hybridized carbons (Fsp3) is 0.571. The molecule has 0 heterocycles. The van der Waals surface area contributed by atoms with Crippen molar-refractivity contribution >= 4 is 21.6 Å². The Labute approximate surface area is 125 Å². The summed E-state index contributed by atoms with van der Waals surface area (Å²) in [6, 6.07) is 3.02. The molecule has 1 aromatic rings. The van der Waals surface area contributed by atoms with Crippen molar-refractivity contribution in [2.45, 2.75) is 44.6 Å². The number of sulfonamides is 1. The topological polar surface area (TPSA) is 66.4 Å². The largest absolute Gasteiger partial charge is 0.392 e. The first-order valence-electron chi connectivity index (χ1n) is 6.67. The van der Waals surface area contributed by atoms with Crippen LogP contribution in [0.3, 0.4) is 0 Å². The first-order valence-corrected chi connectivity index (χ1v) is 8.53. The summed E-state index contributed by atoms with van der Waals surface area (Å²) in [4.78, 5) is 0.150. The number of aliphatic hydroxyl groups is 1. The van der Waals surface area contributed by atoms with Crippen molar-refractivity contribution in [2.75, 3.05) is 6.54 Å². The summed E-state index contributed by atoms with van der Waals surface area (Å²) in [5.41, 5.74) is 1.15. The Bertz CT molecular complexity index is 609. The zero-order valence-corrected chi connectivity index (χ0v) is 13.3. The SMILES string of the molecule is Cc1c(CO)cc(Cl)cc1S(=O)(=O)NCC1(C)CCC1. The first kappa shape index (κ1) is 15.8. The lowest BCUT2D eigenvalue weighted by Crippen LogP contribution is -2.40. The molecule has 6 heteroatoms. The molecule has 0 atom stereocenters. The maximum Gasteiger partial charge on any atom is 0.240 e. The van der Waals surface area contributed by atoms with Gasteiger partial charge < -0.3 is 5.11 Å². The van der Waals surface area contributed by atoms with Crippen LogP contribution >= 0.6 is 11.6 Å². The Morgan fingerprint density at radius 3 is 2.55 bits per heavy atom. The van der Waals surface area contributed by atoms with E-state index in [1.165, 1.54) is 6.07 Å². The van der Waals surface area contributed by atoms with Crippen LogP contribution in [0.4, 0.5) is 0 Å². The lowest BCUT2D eigenvalue weighted by molar-refractivity contribution is 0.166. The summed E-state index contributed by atoms with van der Waals surface area (Å²) in [6.45, 7) is 3.98. The van der Waals surface area contributed by atoms with E-state index in [2.05, 4.69) is 11.6 Å². The number of hydrogen-bond acceptors (Lipinski definition) is 3. The van der Waals surface area contributed by atoms with E-state index in [1.807, 2.05) is 0 Å². The van der Waals surface area contributed by atoms with Crippen molar-refractivity contribution in [3.63, 3.8) is 0 Å². The van der Waals surface area contributed by atoms with Gasteiger partial charge in [0.1, 0.15) is 0 Å². The summed E-state index contributed by atoms with van der Waals surface area (Å²) in [5.74, 6) is 0. The number of rotatable bonds is 5. The molecule has 0 radical (unpaired) electrons. The second-order valence-corrected chi connectivity index (χ2v) is 8.01. The van der Waals surface area contributed by atoms with Gasteiger partial charge in [0.2, 0.25) is 10.0 Å². The summed E-state index contributed by atoms with van der Waals surface area (Å²) >= 11 is 5.93. The lowest BCUT2D eigenvalue weighted by Gasteiger charge is -2.38. The smallest absolute Gasteiger partial charge is 0.240 e. The van der Waals surface area contributed by atoms with Crippen LogP contribution in [-0.2, 0) is 16.6 Å². The predicted octanol–water partition coefficient (Wildman–Crippen LogP) is 2.61. The number of aliphatic hydroxyl groups excluding tert-OH is 1. The lowest BCUT2D eigenvalue weighted by atomic mass is 9.71. The van der Waals surface area contributed by atoms with Gasteiger partial charge in [-0.1, -0.05) is 24.9 Å². The average molecular weight is 318 g/mol. The van der Waals surface area contributed by atoms with Gasteiger partial charge >= 0.3 is 0 Å². The van der Waals surface area contributed by atoms with E-state index in [0.717, 1.165) is 19.3 Å². The van der Waals surface area contributed by atoms with E-state index in [4.69, 9.17) is 11.6 Å². The van der Waals surface area contributed by atoms with Crippen molar-refractivity contribution in [3.05, 3.63) is 28.3 Å². The summed E-state index contributed by atoms with van der Waals surface area (Å²) in [7, 11) is -3.60. The number of hydrogen-bond donors (Lipinski definition) is 2. The van der Waals surface area contributed by atoms with Crippen LogP contribution in [0.1, 0.15) is 37.3 Å². The van der Waals surface area contributed by atoms with Crippen LogP contribution in [0, 0.1) is 12.3 Å². The molecule has 1 aliphatic rings. The molecule has 4 nitrogen and oxygen atoms in total. The van der Waals surface area contributed by atoms with E-state index >= 15 is 0 Å². The molecule has 1 aliphatic carbocycles. The van der Waals surface area contributed by atoms with Gasteiger partial charge in [0.05, 0.1) is 11.5 Å². The van der Waals surface area contributed by atoms with E-state index < -0.39 is 10.0 Å². The van der Waals surface area contributed by atoms with Crippen LogP contribution in [0.25, 0.3) is 0 Å². The third-order valence-corrected chi connectivity index (χ3v) is 5.89. The molecule has 1 fully saturated rings. The molecule has 0 saturated heterocycles. The van der Waals surface area contributed by atoms with Crippen molar-refractivity contribution in [1.82, 2.24) is 4.72 Å². The standard InChI is InChI=1S/C14H20ClNO3S/c1-10-11(8-17)6-12(15)7-13(10)20(18,19)16-9-14(2)4-3-5-14/h6-7,16-17H,3-5,8-9H2,1-2H3. The average Bonchev–Trinajstić information content (AvgIpc) is 2.36. The molecule has 0 unspecified atom stereocenters. The second-order valence-electron chi connectivity index (χ2n) is 5.83. The Morgan fingerprint density at radius 2 is 2.05 bits per heavy atom. The highest BCUT2D eigenvalue weighted by Gasteiger charge is 2.33. The molecule has 20 heavy (non-hydrogen) atoms. The maximum atomic E-state index is 12.4. The van der Waals surface area contributed by atoms with Gasteiger partial charge in [0.25, 0.3) is 0 Å². The summed E-state index contributed by atoms with van der Waals surface area (Å²) < 4.78 is 27.5. The third kappa shape index (κ3) is 3.17. The molecule has 0 bridgehead atoms. The summed E-state index contributed by atoms with van der Waals surface area (Å²) in [5, 5.41) is 9.58. The normalized spacial score (nSPS) is 17.8. The van der Waals surface area contributed by atoms with Crippen LogP contribution in [0.5, 0.6) is 0 Å². The summed E-state index contributed by atoms with van der Waals surface area (Å²) in [6.07, 6.45) is 3.25. The minimum Gasteiger partial charge on any atom is -0.392 e. The molecule has 1 saturated carbocycles. The molecule has 0 aromatic heterocycles. The van der Waals surface area contributed by atoms with Crippen LogP contribution < -0.4 is 4.72 Å². The zero-order valence-electron chi connectivity index (χ0n) is 11.7. The number of benzene rings is 1. The first-order chi connectivity index (χ1) is 9.27. The molecule has 0 amide bonds. The molecular formula is C14H20ClNO3S. The van der Waals surface area contributed by atoms with Gasteiger partial charge in [-0.2, -0.15) is 0 Å². The third-order valence-electron chi connectivity index (χ3n) is 4.14. The van der Waals surface area contributed by atoms with Crippen molar-refractivity contribution in [1.29, 1.82) is 0 Å². The van der Waals surface area contributed by atoms with Crippen LogP contribution in [-0.4, -0.2) is 20.1 Å². The second kappa shape index (κ2) is 5.64.